The van der Waals surface area contributed by atoms with Gasteiger partial charge in [0.25, 0.3) is 0 Å². The number of benzene rings is 1. The van der Waals surface area contributed by atoms with Crippen molar-refractivity contribution in [3.63, 3.8) is 0 Å². The molecule has 8 nitrogen and oxygen atoms in total. The average molecular weight is 458 g/mol. The number of hydrogen-bond donors (Lipinski definition) is 2. The number of rotatable bonds is 9. The first-order valence-corrected chi connectivity index (χ1v) is 11.0. The van der Waals surface area contributed by atoms with E-state index in [1.54, 1.807) is 6.07 Å². The Hall–Kier alpha value is -3.49. The molecule has 0 bridgehead atoms. The number of carboxylic acid groups (broad SMARTS) is 1. The highest BCUT2D eigenvalue weighted by molar-refractivity contribution is 5.94. The molecule has 0 spiro atoms. The van der Waals surface area contributed by atoms with Crippen LogP contribution >= 0.6 is 0 Å². The van der Waals surface area contributed by atoms with Crippen LogP contribution in [-0.2, 0) is 14.4 Å². The van der Waals surface area contributed by atoms with Crippen molar-refractivity contribution in [3.8, 4) is 11.3 Å². The SMILES string of the molecule is O=C[C@H](CC(=O)O)N(NC(=O)c1ccc(-c2cccc(F)c2)o1)C(=O)CCC1CCCCC1. The summed E-state index contributed by atoms with van der Waals surface area (Å²) in [6.07, 6.45) is 5.83. The molecule has 1 atom stereocenters. The van der Waals surface area contributed by atoms with Crippen LogP contribution in [0.3, 0.4) is 0 Å². The molecule has 2 N–H and O–H groups in total. The number of nitrogens with one attached hydrogen (secondary N) is 1. The Morgan fingerprint density at radius 3 is 2.61 bits per heavy atom. The lowest BCUT2D eigenvalue weighted by atomic mass is 9.86. The van der Waals surface area contributed by atoms with Gasteiger partial charge in [0, 0.05) is 12.0 Å². The summed E-state index contributed by atoms with van der Waals surface area (Å²) in [4.78, 5) is 48.4. The van der Waals surface area contributed by atoms with Crippen LogP contribution in [-0.4, -0.2) is 40.2 Å². The van der Waals surface area contributed by atoms with E-state index in [-0.39, 0.29) is 17.9 Å². The van der Waals surface area contributed by atoms with E-state index in [0.717, 1.165) is 30.7 Å². The van der Waals surface area contributed by atoms with Crippen molar-refractivity contribution in [3.05, 3.63) is 48.0 Å². The highest BCUT2D eigenvalue weighted by atomic mass is 19.1. The maximum Gasteiger partial charge on any atom is 0.305 e. The van der Waals surface area contributed by atoms with Gasteiger partial charge >= 0.3 is 11.9 Å². The average Bonchev–Trinajstić information content (AvgIpc) is 3.31. The van der Waals surface area contributed by atoms with Crippen molar-refractivity contribution in [1.29, 1.82) is 0 Å². The molecule has 176 valence electrons. The van der Waals surface area contributed by atoms with Gasteiger partial charge in [-0.3, -0.25) is 19.8 Å². The van der Waals surface area contributed by atoms with Gasteiger partial charge < -0.3 is 14.3 Å². The van der Waals surface area contributed by atoms with E-state index in [0.29, 0.717) is 24.2 Å². The molecule has 0 unspecified atom stereocenters. The molecule has 1 aromatic carbocycles. The van der Waals surface area contributed by atoms with Crippen molar-refractivity contribution in [2.75, 3.05) is 0 Å². The van der Waals surface area contributed by atoms with Gasteiger partial charge in [0.1, 0.15) is 23.9 Å². The van der Waals surface area contributed by atoms with Gasteiger partial charge in [0.2, 0.25) is 5.91 Å². The minimum absolute atomic E-state index is 0.0849. The fraction of sp³-hybridized carbons (Fsp3) is 0.417. The first-order valence-electron chi connectivity index (χ1n) is 11.0. The van der Waals surface area contributed by atoms with Crippen LogP contribution in [0.1, 0.15) is 61.9 Å². The Morgan fingerprint density at radius 2 is 1.94 bits per heavy atom. The van der Waals surface area contributed by atoms with Crippen molar-refractivity contribution in [2.24, 2.45) is 5.92 Å². The standard InChI is InChI=1S/C24H27FN2O6/c25-18-8-4-7-17(13-18)20-10-11-21(33-20)24(32)26-27(19(15-28)14-23(30)31)22(29)12-9-16-5-2-1-3-6-16/h4,7-8,10-11,13,15-16,19H,1-3,5-6,9,12,14H2,(H,26,32)(H,30,31)/t19-/m0/s1. The Bertz CT molecular complexity index is 998. The van der Waals surface area contributed by atoms with Gasteiger partial charge in [-0.25, -0.2) is 9.40 Å². The zero-order chi connectivity index (χ0) is 23.8. The van der Waals surface area contributed by atoms with E-state index in [1.165, 1.54) is 36.8 Å². The molecule has 0 saturated heterocycles. The third-order valence-corrected chi connectivity index (χ3v) is 5.79. The lowest BCUT2D eigenvalue weighted by molar-refractivity contribution is -0.145. The lowest BCUT2D eigenvalue weighted by Crippen LogP contribution is -2.53. The molecule has 1 aliphatic rings. The summed E-state index contributed by atoms with van der Waals surface area (Å²) < 4.78 is 19.0. The van der Waals surface area contributed by atoms with Crippen LogP contribution in [0.15, 0.2) is 40.8 Å². The smallest absolute Gasteiger partial charge is 0.305 e. The van der Waals surface area contributed by atoms with Crippen LogP contribution in [0, 0.1) is 11.7 Å². The molecule has 33 heavy (non-hydrogen) atoms. The summed E-state index contributed by atoms with van der Waals surface area (Å²) in [5.74, 6) is -2.63. The molecule has 2 amide bonds. The number of hydrazine groups is 1. The number of nitrogens with zero attached hydrogens (tertiary/aromatic N) is 1. The number of amides is 2. The first kappa shape index (κ1) is 24.2. The highest BCUT2D eigenvalue weighted by Gasteiger charge is 2.29. The summed E-state index contributed by atoms with van der Waals surface area (Å²) in [5, 5.41) is 9.91. The van der Waals surface area contributed by atoms with Gasteiger partial charge in [-0.2, -0.15) is 0 Å². The minimum atomic E-state index is -1.36. The number of carbonyl (C=O) groups excluding carboxylic acids is 3. The Balaban J connectivity index is 1.72. The molecule has 2 aromatic rings. The number of furan rings is 1. The zero-order valence-corrected chi connectivity index (χ0v) is 18.2. The van der Waals surface area contributed by atoms with Crippen LogP contribution in [0.5, 0.6) is 0 Å². The molecule has 0 aliphatic heterocycles. The third-order valence-electron chi connectivity index (χ3n) is 5.79. The summed E-state index contributed by atoms with van der Waals surface area (Å²) in [6.45, 7) is 0. The van der Waals surface area contributed by atoms with Crippen molar-refractivity contribution in [1.82, 2.24) is 10.4 Å². The zero-order valence-electron chi connectivity index (χ0n) is 18.2. The number of carbonyl (C=O) groups is 4. The van der Waals surface area contributed by atoms with Gasteiger partial charge in [-0.15, -0.1) is 0 Å². The summed E-state index contributed by atoms with van der Waals surface area (Å²) in [7, 11) is 0. The van der Waals surface area contributed by atoms with E-state index < -0.39 is 36.1 Å². The molecule has 0 radical (unpaired) electrons. The Kier molecular flexibility index (Phi) is 8.34. The first-order chi connectivity index (χ1) is 15.9. The molecular weight excluding hydrogens is 431 g/mol. The van der Waals surface area contributed by atoms with Crippen LogP contribution in [0.2, 0.25) is 0 Å². The normalized spacial score (nSPS) is 14.9. The monoisotopic (exact) mass is 458 g/mol. The second-order valence-electron chi connectivity index (χ2n) is 8.22. The Morgan fingerprint density at radius 1 is 1.18 bits per heavy atom. The molecular formula is C24H27FN2O6. The molecule has 3 rings (SSSR count). The predicted octanol–water partition coefficient (Wildman–Crippen LogP) is 3.96. The second kappa shape index (κ2) is 11.4. The van der Waals surface area contributed by atoms with Gasteiger partial charge in [-0.1, -0.05) is 44.2 Å². The molecule has 1 saturated carbocycles. The number of halogens is 1. The maximum atomic E-state index is 13.5. The quantitative estimate of drug-likeness (QED) is 0.434. The van der Waals surface area contributed by atoms with Crippen LogP contribution < -0.4 is 5.43 Å². The molecule has 9 heteroatoms. The fourth-order valence-electron chi connectivity index (χ4n) is 4.05. The molecule has 1 heterocycles. The number of hydrogen-bond acceptors (Lipinski definition) is 5. The maximum absolute atomic E-state index is 13.5. The number of aliphatic carboxylic acids is 1. The van der Waals surface area contributed by atoms with Crippen molar-refractivity contribution in [2.45, 2.75) is 57.4 Å². The van der Waals surface area contributed by atoms with Gasteiger partial charge in [-0.05, 0) is 36.6 Å². The summed E-state index contributed by atoms with van der Waals surface area (Å²) in [5.41, 5.74) is 2.76. The highest BCUT2D eigenvalue weighted by Crippen LogP contribution is 2.28. The summed E-state index contributed by atoms with van der Waals surface area (Å²) >= 11 is 0. The topological polar surface area (TPSA) is 117 Å². The van der Waals surface area contributed by atoms with E-state index in [9.17, 15) is 23.6 Å². The van der Waals surface area contributed by atoms with Crippen molar-refractivity contribution < 1.29 is 33.1 Å². The van der Waals surface area contributed by atoms with E-state index in [1.807, 2.05) is 0 Å². The second-order valence-corrected chi connectivity index (χ2v) is 8.22. The predicted molar refractivity (Wildman–Crippen MR) is 116 cm³/mol. The molecule has 1 fully saturated rings. The molecule has 1 aliphatic carbocycles. The van der Waals surface area contributed by atoms with Crippen LogP contribution in [0.25, 0.3) is 11.3 Å². The number of carboxylic acids is 1. The molecule has 1 aromatic heterocycles. The van der Waals surface area contributed by atoms with E-state index in [2.05, 4.69) is 5.43 Å². The van der Waals surface area contributed by atoms with E-state index >= 15 is 0 Å². The Labute approximate surface area is 190 Å². The van der Waals surface area contributed by atoms with E-state index in [4.69, 9.17) is 9.52 Å². The number of aldehydes is 1. The minimum Gasteiger partial charge on any atom is -0.481 e. The fourth-order valence-corrected chi connectivity index (χ4v) is 4.05. The summed E-state index contributed by atoms with van der Waals surface area (Å²) in [6, 6.07) is 7.11. The lowest BCUT2D eigenvalue weighted by Gasteiger charge is -2.28. The van der Waals surface area contributed by atoms with Crippen LogP contribution in [0.4, 0.5) is 4.39 Å². The van der Waals surface area contributed by atoms with Gasteiger partial charge in [0.15, 0.2) is 5.76 Å². The third kappa shape index (κ3) is 6.74. The largest absolute Gasteiger partial charge is 0.481 e. The van der Waals surface area contributed by atoms with Gasteiger partial charge in [0.05, 0.1) is 6.42 Å². The van der Waals surface area contributed by atoms with Crippen molar-refractivity contribution >= 4 is 24.1 Å².